The normalized spacial score (nSPS) is 18.1. The number of benzene rings is 1. The van der Waals surface area contributed by atoms with Crippen LogP contribution in [0.15, 0.2) is 40.3 Å². The Balaban J connectivity index is 1.65. The van der Waals surface area contributed by atoms with E-state index in [1.807, 2.05) is 6.92 Å². The fourth-order valence-corrected chi connectivity index (χ4v) is 3.77. The van der Waals surface area contributed by atoms with Crippen molar-refractivity contribution in [3.63, 3.8) is 0 Å². The van der Waals surface area contributed by atoms with Gasteiger partial charge < -0.3 is 15.0 Å². The van der Waals surface area contributed by atoms with Crippen molar-refractivity contribution in [3.8, 4) is 5.75 Å². The highest BCUT2D eigenvalue weighted by atomic mass is 32.2. The molecule has 4 amide bonds. The molecule has 1 aromatic heterocycles. The van der Waals surface area contributed by atoms with E-state index in [2.05, 4.69) is 20.7 Å². The number of imide groups is 1. The third kappa shape index (κ3) is 4.88. The Morgan fingerprint density at radius 2 is 1.97 bits per heavy atom. The van der Waals surface area contributed by atoms with E-state index in [9.17, 15) is 19.2 Å². The van der Waals surface area contributed by atoms with Crippen LogP contribution in [-0.2, 0) is 21.5 Å². The van der Waals surface area contributed by atoms with Crippen LogP contribution in [0.3, 0.4) is 0 Å². The van der Waals surface area contributed by atoms with Gasteiger partial charge in [-0.1, -0.05) is 37.2 Å². The second-order valence-corrected chi connectivity index (χ2v) is 8.00. The number of thioether (sulfide) groups is 1. The first-order valence-electron chi connectivity index (χ1n) is 9.60. The van der Waals surface area contributed by atoms with Gasteiger partial charge in [0.15, 0.2) is 5.16 Å². The molecular weight excluding hydrogens is 422 g/mol. The molecule has 0 radical (unpaired) electrons. The van der Waals surface area contributed by atoms with E-state index in [0.29, 0.717) is 33.6 Å². The van der Waals surface area contributed by atoms with Crippen molar-refractivity contribution in [2.45, 2.75) is 37.4 Å². The van der Waals surface area contributed by atoms with Gasteiger partial charge in [0.05, 0.1) is 12.9 Å². The molecule has 0 spiro atoms. The molecule has 1 fully saturated rings. The molecule has 1 atom stereocenters. The van der Waals surface area contributed by atoms with Crippen LogP contribution in [0.2, 0.25) is 0 Å². The SMILES string of the molecule is CCCc1cc(=O)[nH]c(SCC(=O)NN2C(=O)NC(C)(c3ccc(OC)cc3)C2=O)n1. The summed E-state index contributed by atoms with van der Waals surface area (Å²) >= 11 is 1.01. The Hall–Kier alpha value is -3.34. The zero-order valence-corrected chi connectivity index (χ0v) is 18.2. The van der Waals surface area contributed by atoms with Crippen molar-refractivity contribution >= 4 is 29.6 Å². The van der Waals surface area contributed by atoms with E-state index in [1.165, 1.54) is 13.2 Å². The first-order chi connectivity index (χ1) is 14.8. The van der Waals surface area contributed by atoms with Crippen molar-refractivity contribution in [1.82, 2.24) is 25.7 Å². The molecule has 3 rings (SSSR count). The molecule has 1 saturated heterocycles. The number of aromatic nitrogens is 2. The number of nitrogens with one attached hydrogen (secondary N) is 3. The zero-order chi connectivity index (χ0) is 22.6. The maximum absolute atomic E-state index is 12.9. The fourth-order valence-electron chi connectivity index (χ4n) is 3.09. The van der Waals surface area contributed by atoms with Gasteiger partial charge in [0.2, 0.25) is 5.91 Å². The quantitative estimate of drug-likeness (QED) is 0.317. The summed E-state index contributed by atoms with van der Waals surface area (Å²) in [4.78, 5) is 56.2. The van der Waals surface area contributed by atoms with Gasteiger partial charge in [-0.15, -0.1) is 0 Å². The summed E-state index contributed by atoms with van der Waals surface area (Å²) in [6.45, 7) is 3.53. The maximum atomic E-state index is 12.9. The number of H-pyrrole nitrogens is 1. The lowest BCUT2D eigenvalue weighted by molar-refractivity contribution is -0.138. The van der Waals surface area contributed by atoms with Gasteiger partial charge in [-0.2, -0.15) is 5.01 Å². The average Bonchev–Trinajstić information content (AvgIpc) is 2.96. The molecule has 2 heterocycles. The minimum absolute atomic E-state index is 0.144. The third-order valence-corrected chi connectivity index (χ3v) is 5.59. The molecule has 2 aromatic rings. The second-order valence-electron chi connectivity index (χ2n) is 7.04. The number of hydrazine groups is 1. The molecule has 1 unspecified atom stereocenters. The monoisotopic (exact) mass is 445 g/mol. The number of carbonyl (C=O) groups excluding carboxylic acids is 3. The summed E-state index contributed by atoms with van der Waals surface area (Å²) < 4.78 is 5.11. The molecule has 0 saturated carbocycles. The Bertz CT molecular complexity index is 1050. The number of hydrogen-bond acceptors (Lipinski definition) is 7. The first kappa shape index (κ1) is 22.3. The molecule has 1 aliphatic heterocycles. The van der Waals surface area contributed by atoms with Crippen LogP contribution >= 0.6 is 11.8 Å². The predicted molar refractivity (Wildman–Crippen MR) is 113 cm³/mol. The van der Waals surface area contributed by atoms with Gasteiger partial charge in [-0.25, -0.2) is 9.78 Å². The van der Waals surface area contributed by atoms with Gasteiger partial charge in [-0.05, 0) is 31.0 Å². The number of amides is 4. The van der Waals surface area contributed by atoms with Crippen molar-refractivity contribution in [3.05, 3.63) is 51.9 Å². The summed E-state index contributed by atoms with van der Waals surface area (Å²) in [5.41, 5.74) is 1.88. The molecule has 1 aromatic carbocycles. The van der Waals surface area contributed by atoms with E-state index >= 15 is 0 Å². The van der Waals surface area contributed by atoms with E-state index in [-0.39, 0.29) is 11.3 Å². The topological polar surface area (TPSA) is 133 Å². The summed E-state index contributed by atoms with van der Waals surface area (Å²) in [7, 11) is 1.53. The lowest BCUT2D eigenvalue weighted by atomic mass is 9.92. The van der Waals surface area contributed by atoms with Gasteiger partial charge >= 0.3 is 6.03 Å². The van der Waals surface area contributed by atoms with Crippen molar-refractivity contribution in [2.24, 2.45) is 0 Å². The Morgan fingerprint density at radius 3 is 2.61 bits per heavy atom. The minimum atomic E-state index is -1.33. The van der Waals surface area contributed by atoms with E-state index in [1.54, 1.807) is 31.2 Å². The van der Waals surface area contributed by atoms with E-state index in [4.69, 9.17) is 4.74 Å². The molecule has 1 aliphatic rings. The van der Waals surface area contributed by atoms with Crippen LogP contribution in [0.4, 0.5) is 4.79 Å². The Morgan fingerprint density at radius 1 is 1.26 bits per heavy atom. The Labute approximate surface area is 182 Å². The lowest BCUT2D eigenvalue weighted by Gasteiger charge is -2.22. The lowest BCUT2D eigenvalue weighted by Crippen LogP contribution is -2.48. The highest BCUT2D eigenvalue weighted by Gasteiger charge is 2.50. The van der Waals surface area contributed by atoms with Gasteiger partial charge in [-0.3, -0.25) is 19.8 Å². The fraction of sp³-hybridized carbons (Fsp3) is 0.350. The van der Waals surface area contributed by atoms with E-state index in [0.717, 1.165) is 18.2 Å². The summed E-state index contributed by atoms with van der Waals surface area (Å²) in [6.07, 6.45) is 1.48. The number of nitrogens with zero attached hydrogens (tertiary/aromatic N) is 2. The van der Waals surface area contributed by atoms with Crippen LogP contribution in [0.25, 0.3) is 0 Å². The van der Waals surface area contributed by atoms with Crippen molar-refractivity contribution in [2.75, 3.05) is 12.9 Å². The number of carbonyl (C=O) groups is 3. The number of aromatic amines is 1. The molecule has 31 heavy (non-hydrogen) atoms. The molecule has 0 aliphatic carbocycles. The van der Waals surface area contributed by atoms with E-state index < -0.39 is 23.4 Å². The van der Waals surface area contributed by atoms with Gasteiger partial charge in [0.1, 0.15) is 11.3 Å². The third-order valence-electron chi connectivity index (χ3n) is 4.71. The van der Waals surface area contributed by atoms with Crippen LogP contribution < -0.4 is 21.0 Å². The highest BCUT2D eigenvalue weighted by molar-refractivity contribution is 7.99. The molecular formula is C20H23N5O5S. The molecule has 11 heteroatoms. The van der Waals surface area contributed by atoms with Crippen LogP contribution in [0.1, 0.15) is 31.5 Å². The highest BCUT2D eigenvalue weighted by Crippen LogP contribution is 2.29. The van der Waals surface area contributed by atoms with Crippen molar-refractivity contribution < 1.29 is 19.1 Å². The van der Waals surface area contributed by atoms with Gasteiger partial charge in [0.25, 0.3) is 11.5 Å². The van der Waals surface area contributed by atoms with Crippen molar-refractivity contribution in [1.29, 1.82) is 0 Å². The number of hydrogen-bond donors (Lipinski definition) is 3. The Kier molecular flexibility index (Phi) is 6.64. The molecule has 0 bridgehead atoms. The molecule has 10 nitrogen and oxygen atoms in total. The number of ether oxygens (including phenoxy) is 1. The average molecular weight is 446 g/mol. The second kappa shape index (κ2) is 9.21. The predicted octanol–water partition coefficient (Wildman–Crippen LogP) is 1.32. The van der Waals surface area contributed by atoms with Crippen LogP contribution in [0.5, 0.6) is 5.75 Å². The number of methoxy groups -OCH3 is 1. The maximum Gasteiger partial charge on any atom is 0.344 e. The molecule has 164 valence electrons. The number of aryl methyl sites for hydroxylation is 1. The first-order valence-corrected chi connectivity index (χ1v) is 10.6. The summed E-state index contributed by atoms with van der Waals surface area (Å²) in [5.74, 6) is -0.732. The van der Waals surface area contributed by atoms with Gasteiger partial charge in [0, 0.05) is 11.8 Å². The smallest absolute Gasteiger partial charge is 0.344 e. The van der Waals surface area contributed by atoms with Crippen LogP contribution in [-0.4, -0.2) is 45.7 Å². The zero-order valence-electron chi connectivity index (χ0n) is 17.4. The standard InChI is InChI=1S/C20H23N5O5S/c1-4-5-13-10-15(26)22-18(21-13)31-11-16(27)24-25-17(28)20(2,23-19(25)29)12-6-8-14(30-3)9-7-12/h6-10H,4-5,11H2,1-3H3,(H,23,29)(H,24,27)(H,21,22,26). The number of rotatable bonds is 8. The molecule has 3 N–H and O–H groups in total. The summed E-state index contributed by atoms with van der Waals surface area (Å²) in [5, 5.41) is 3.57. The van der Waals surface area contributed by atoms with Crippen LogP contribution in [0, 0.1) is 0 Å². The minimum Gasteiger partial charge on any atom is -0.497 e. The summed E-state index contributed by atoms with van der Waals surface area (Å²) in [6, 6.07) is 7.38. The number of urea groups is 1. The largest absolute Gasteiger partial charge is 0.497 e.